The van der Waals surface area contributed by atoms with E-state index in [1.54, 1.807) is 20.3 Å². The van der Waals surface area contributed by atoms with Crippen molar-refractivity contribution in [2.75, 3.05) is 31.9 Å². The van der Waals surface area contributed by atoms with Gasteiger partial charge in [0.1, 0.15) is 0 Å². The Morgan fingerprint density at radius 2 is 1.85 bits per heavy atom. The summed E-state index contributed by atoms with van der Waals surface area (Å²) in [5.41, 5.74) is 7.66. The van der Waals surface area contributed by atoms with Gasteiger partial charge in [-0.15, -0.1) is 0 Å². The molecule has 1 saturated heterocycles. The Kier molecular flexibility index (Phi) is 3.61. The minimum atomic E-state index is 0.322. The highest BCUT2D eigenvalue weighted by atomic mass is 16.5. The Morgan fingerprint density at radius 1 is 1.15 bits per heavy atom. The zero-order chi connectivity index (χ0) is 14.1. The Morgan fingerprint density at radius 3 is 2.50 bits per heavy atom. The minimum absolute atomic E-state index is 0.322. The van der Waals surface area contributed by atoms with E-state index in [9.17, 15) is 0 Å². The zero-order valence-corrected chi connectivity index (χ0v) is 12.0. The average Bonchev–Trinajstić information content (AvgIpc) is 3.20. The lowest BCUT2D eigenvalue weighted by molar-refractivity contribution is 0.0898. The van der Waals surface area contributed by atoms with Gasteiger partial charge in [0.2, 0.25) is 0 Å². The molecule has 3 rings (SSSR count). The first-order valence-corrected chi connectivity index (χ1v) is 7.12. The molecule has 1 aromatic rings. The second-order valence-corrected chi connectivity index (χ2v) is 5.51. The maximum Gasteiger partial charge on any atom is 0.162 e. The number of hydrogen-bond acceptors (Lipinski definition) is 5. The third kappa shape index (κ3) is 2.50. The lowest BCUT2D eigenvalue weighted by Gasteiger charge is -2.22. The van der Waals surface area contributed by atoms with Crippen LogP contribution in [0.2, 0.25) is 0 Å². The molecule has 0 spiro atoms. The second kappa shape index (κ2) is 5.40. The molecule has 1 aliphatic carbocycles. The summed E-state index contributed by atoms with van der Waals surface area (Å²) in [7, 11) is 3.24. The molecule has 1 aliphatic heterocycles. The maximum atomic E-state index is 6.10. The monoisotopic (exact) mass is 278 g/mol. The van der Waals surface area contributed by atoms with Crippen molar-refractivity contribution in [2.24, 2.45) is 5.92 Å². The van der Waals surface area contributed by atoms with Gasteiger partial charge in [-0.1, -0.05) is 0 Å². The molecular formula is C15H22N2O3. The molecule has 3 N–H and O–H groups in total. The van der Waals surface area contributed by atoms with Crippen molar-refractivity contribution < 1.29 is 14.2 Å². The third-order valence-electron chi connectivity index (χ3n) is 4.12. The van der Waals surface area contributed by atoms with E-state index in [0.717, 1.165) is 24.6 Å². The summed E-state index contributed by atoms with van der Waals surface area (Å²) in [4.78, 5) is 0. The fourth-order valence-corrected chi connectivity index (χ4v) is 2.87. The number of ether oxygens (including phenoxy) is 3. The van der Waals surface area contributed by atoms with Crippen LogP contribution >= 0.6 is 0 Å². The second-order valence-electron chi connectivity index (χ2n) is 5.51. The molecule has 5 nitrogen and oxygen atoms in total. The molecule has 0 bridgehead atoms. The number of anilines is 2. The van der Waals surface area contributed by atoms with Gasteiger partial charge in [-0.25, -0.2) is 0 Å². The van der Waals surface area contributed by atoms with E-state index in [4.69, 9.17) is 19.9 Å². The van der Waals surface area contributed by atoms with Gasteiger partial charge in [0.15, 0.2) is 11.5 Å². The summed E-state index contributed by atoms with van der Waals surface area (Å²) in [6, 6.07) is 4.03. The van der Waals surface area contributed by atoms with Crippen LogP contribution in [-0.4, -0.2) is 33.0 Å². The van der Waals surface area contributed by atoms with Gasteiger partial charge in [-0.05, 0) is 25.2 Å². The van der Waals surface area contributed by atoms with Crippen LogP contribution in [0.25, 0.3) is 0 Å². The lowest BCUT2D eigenvalue weighted by atomic mass is 10.1. The Bertz CT molecular complexity index is 488. The molecule has 1 aromatic carbocycles. The predicted molar refractivity (Wildman–Crippen MR) is 78.5 cm³/mol. The summed E-state index contributed by atoms with van der Waals surface area (Å²) in [6.07, 6.45) is 3.91. The van der Waals surface area contributed by atoms with E-state index in [0.29, 0.717) is 29.3 Å². The number of methoxy groups -OCH3 is 2. The van der Waals surface area contributed by atoms with Crippen LogP contribution in [-0.2, 0) is 4.74 Å². The van der Waals surface area contributed by atoms with Crippen LogP contribution in [0, 0.1) is 5.92 Å². The molecule has 1 saturated carbocycles. The molecule has 2 atom stereocenters. The van der Waals surface area contributed by atoms with Crippen molar-refractivity contribution in [1.29, 1.82) is 0 Å². The summed E-state index contributed by atoms with van der Waals surface area (Å²) in [5, 5.41) is 3.52. The summed E-state index contributed by atoms with van der Waals surface area (Å²) in [6.45, 7) is 0.825. The van der Waals surface area contributed by atoms with E-state index in [1.807, 2.05) is 6.07 Å². The molecule has 0 aromatic heterocycles. The zero-order valence-electron chi connectivity index (χ0n) is 12.0. The average molecular weight is 278 g/mol. The Balaban J connectivity index is 1.79. The predicted octanol–water partition coefficient (Wildman–Crippen LogP) is 2.27. The molecule has 0 radical (unpaired) electrons. The number of hydrogen-bond donors (Lipinski definition) is 2. The van der Waals surface area contributed by atoms with Crippen LogP contribution in [0.3, 0.4) is 0 Å². The molecule has 20 heavy (non-hydrogen) atoms. The molecule has 1 heterocycles. The van der Waals surface area contributed by atoms with Gasteiger partial charge in [-0.2, -0.15) is 0 Å². The smallest absolute Gasteiger partial charge is 0.162 e. The molecule has 2 aliphatic rings. The highest BCUT2D eigenvalue weighted by Crippen LogP contribution is 2.41. The fraction of sp³-hybridized carbons (Fsp3) is 0.600. The summed E-state index contributed by atoms with van der Waals surface area (Å²) < 4.78 is 16.4. The summed E-state index contributed by atoms with van der Waals surface area (Å²) in [5.74, 6) is 2.06. The molecule has 5 heteroatoms. The van der Waals surface area contributed by atoms with Crippen LogP contribution in [0.4, 0.5) is 11.4 Å². The largest absolute Gasteiger partial charge is 0.493 e. The van der Waals surface area contributed by atoms with E-state index in [1.165, 1.54) is 12.8 Å². The normalized spacial score (nSPS) is 25.5. The number of nitrogens with one attached hydrogen (secondary N) is 1. The van der Waals surface area contributed by atoms with Crippen LogP contribution in [0.1, 0.15) is 19.3 Å². The Labute approximate surface area is 119 Å². The highest BCUT2D eigenvalue weighted by molar-refractivity contribution is 5.72. The van der Waals surface area contributed by atoms with Gasteiger partial charge in [0, 0.05) is 18.7 Å². The van der Waals surface area contributed by atoms with Gasteiger partial charge >= 0.3 is 0 Å². The van der Waals surface area contributed by atoms with Crippen LogP contribution in [0.5, 0.6) is 11.5 Å². The van der Waals surface area contributed by atoms with Crippen molar-refractivity contribution >= 4 is 11.4 Å². The van der Waals surface area contributed by atoms with Gasteiger partial charge in [-0.3, -0.25) is 0 Å². The highest BCUT2D eigenvalue weighted by Gasteiger charge is 2.40. The third-order valence-corrected chi connectivity index (χ3v) is 4.12. The van der Waals surface area contributed by atoms with Crippen molar-refractivity contribution in [2.45, 2.75) is 31.4 Å². The molecule has 0 amide bonds. The van der Waals surface area contributed by atoms with Crippen LogP contribution in [0.15, 0.2) is 12.1 Å². The lowest BCUT2D eigenvalue weighted by Crippen LogP contribution is -2.31. The first-order chi connectivity index (χ1) is 9.72. The standard InChI is InChI=1S/C15H22N2O3/c1-18-13-7-10(16)12(8-14(13)19-2)17-11-5-6-20-15(11)9-3-4-9/h7-9,11,15,17H,3-6,16H2,1-2H3. The van der Waals surface area contributed by atoms with E-state index >= 15 is 0 Å². The minimum Gasteiger partial charge on any atom is -0.493 e. The van der Waals surface area contributed by atoms with Gasteiger partial charge in [0.25, 0.3) is 0 Å². The molecule has 110 valence electrons. The van der Waals surface area contributed by atoms with Gasteiger partial charge < -0.3 is 25.3 Å². The number of nitrogen functional groups attached to an aromatic ring is 1. The van der Waals surface area contributed by atoms with Crippen molar-refractivity contribution in [3.8, 4) is 11.5 Å². The first kappa shape index (κ1) is 13.4. The van der Waals surface area contributed by atoms with Crippen molar-refractivity contribution in [3.63, 3.8) is 0 Å². The topological polar surface area (TPSA) is 65.7 Å². The fourth-order valence-electron chi connectivity index (χ4n) is 2.87. The van der Waals surface area contributed by atoms with Crippen LogP contribution < -0.4 is 20.5 Å². The summed E-state index contributed by atoms with van der Waals surface area (Å²) >= 11 is 0. The van der Waals surface area contributed by atoms with E-state index in [-0.39, 0.29) is 0 Å². The molecule has 2 unspecified atom stereocenters. The Hall–Kier alpha value is -1.62. The van der Waals surface area contributed by atoms with Crippen molar-refractivity contribution in [1.82, 2.24) is 0 Å². The SMILES string of the molecule is COc1cc(N)c(NC2CCOC2C2CC2)cc1OC. The molecule has 2 fully saturated rings. The number of nitrogens with two attached hydrogens (primary N) is 1. The van der Waals surface area contributed by atoms with E-state index in [2.05, 4.69) is 5.32 Å². The number of rotatable bonds is 5. The van der Waals surface area contributed by atoms with E-state index < -0.39 is 0 Å². The number of benzene rings is 1. The van der Waals surface area contributed by atoms with Crippen molar-refractivity contribution in [3.05, 3.63) is 12.1 Å². The quantitative estimate of drug-likeness (QED) is 0.809. The van der Waals surface area contributed by atoms with Gasteiger partial charge in [0.05, 0.1) is 37.7 Å². The maximum absolute atomic E-state index is 6.10. The first-order valence-electron chi connectivity index (χ1n) is 7.12. The molecular weight excluding hydrogens is 256 g/mol.